The van der Waals surface area contributed by atoms with Gasteiger partial charge in [0.1, 0.15) is 11.2 Å². The number of amides is 2. The summed E-state index contributed by atoms with van der Waals surface area (Å²) < 4.78 is 13.1. The zero-order valence-electron chi connectivity index (χ0n) is 8.46. The quantitative estimate of drug-likeness (QED) is 0.607. The molecule has 1 atom stereocenters. The third kappa shape index (κ3) is 3.20. The molecule has 6 heteroatoms. The van der Waals surface area contributed by atoms with Crippen LogP contribution in [0.2, 0.25) is 0 Å². The topological polar surface area (TPSA) is 58.2 Å². The van der Waals surface area contributed by atoms with E-state index in [1.165, 1.54) is 25.1 Å². The molecule has 1 aromatic carbocycles. The summed E-state index contributed by atoms with van der Waals surface area (Å²) in [6, 6.07) is 5.44. The molecule has 2 amide bonds. The van der Waals surface area contributed by atoms with Crippen LogP contribution in [-0.4, -0.2) is 17.2 Å². The van der Waals surface area contributed by atoms with E-state index < -0.39 is 23.0 Å². The molecule has 0 fully saturated rings. The molecule has 0 aliphatic rings. The molecule has 0 bridgehead atoms. The fraction of sp³-hybridized carbons (Fsp3) is 0.200. The maximum absolute atomic E-state index is 13.1. The van der Waals surface area contributed by atoms with E-state index in [1.807, 2.05) is 0 Å². The number of halogens is 2. The van der Waals surface area contributed by atoms with Gasteiger partial charge in [-0.3, -0.25) is 20.4 Å². The smallest absolute Gasteiger partial charge is 0.272 e. The Morgan fingerprint density at radius 2 is 1.94 bits per heavy atom. The van der Waals surface area contributed by atoms with Crippen LogP contribution in [0.3, 0.4) is 0 Å². The van der Waals surface area contributed by atoms with E-state index in [2.05, 4.69) is 10.9 Å². The van der Waals surface area contributed by atoms with Gasteiger partial charge in [-0.05, 0) is 19.1 Å². The minimum atomic E-state index is -0.777. The van der Waals surface area contributed by atoms with Crippen LogP contribution in [0.5, 0.6) is 0 Å². The molecule has 1 aromatic rings. The monoisotopic (exact) mass is 244 g/mol. The molecule has 0 aliphatic carbocycles. The number of benzene rings is 1. The molecule has 0 heterocycles. The zero-order chi connectivity index (χ0) is 12.1. The lowest BCUT2D eigenvalue weighted by Gasteiger charge is -2.08. The highest BCUT2D eigenvalue weighted by molar-refractivity contribution is 6.30. The third-order valence-electron chi connectivity index (χ3n) is 1.78. The Morgan fingerprint density at radius 1 is 1.31 bits per heavy atom. The van der Waals surface area contributed by atoms with Crippen LogP contribution in [0.1, 0.15) is 17.3 Å². The van der Waals surface area contributed by atoms with Crippen molar-refractivity contribution in [2.24, 2.45) is 0 Å². The van der Waals surface area contributed by atoms with Gasteiger partial charge in [-0.15, -0.1) is 11.6 Å². The van der Waals surface area contributed by atoms with Crippen molar-refractivity contribution < 1.29 is 14.0 Å². The molecule has 86 valence electrons. The molecule has 16 heavy (non-hydrogen) atoms. The summed E-state index contributed by atoms with van der Waals surface area (Å²) in [5.74, 6) is -1.96. The SMILES string of the molecule is C[C@@H](Cl)C(=O)NNC(=O)c1ccccc1F. The standard InChI is InChI=1S/C10H10ClFN2O2/c1-6(11)9(15)13-14-10(16)7-4-2-3-5-8(7)12/h2-6H,1H3,(H,13,15)(H,14,16)/t6-/m1/s1. The highest BCUT2D eigenvalue weighted by Gasteiger charge is 2.13. The van der Waals surface area contributed by atoms with Crippen LogP contribution < -0.4 is 10.9 Å². The van der Waals surface area contributed by atoms with Gasteiger partial charge in [0.25, 0.3) is 11.8 Å². The number of carbonyl (C=O) groups excluding carboxylic acids is 2. The van der Waals surface area contributed by atoms with Gasteiger partial charge in [-0.25, -0.2) is 4.39 Å². The van der Waals surface area contributed by atoms with Crippen molar-refractivity contribution >= 4 is 23.4 Å². The number of hydrogen-bond acceptors (Lipinski definition) is 2. The predicted molar refractivity (Wildman–Crippen MR) is 57.3 cm³/mol. The van der Waals surface area contributed by atoms with E-state index in [9.17, 15) is 14.0 Å². The summed E-state index contributed by atoms with van der Waals surface area (Å²) in [5.41, 5.74) is 3.98. The second kappa shape index (κ2) is 5.46. The summed E-state index contributed by atoms with van der Waals surface area (Å²) in [4.78, 5) is 22.4. The molecule has 0 aliphatic heterocycles. The Kier molecular flexibility index (Phi) is 4.25. The normalized spacial score (nSPS) is 11.7. The molecule has 0 saturated carbocycles. The lowest BCUT2D eigenvalue weighted by molar-refractivity contribution is -0.121. The molecule has 0 saturated heterocycles. The molecule has 0 unspecified atom stereocenters. The summed E-state index contributed by atoms with van der Waals surface area (Å²) in [6.45, 7) is 1.45. The molecular weight excluding hydrogens is 235 g/mol. The van der Waals surface area contributed by atoms with Gasteiger partial charge >= 0.3 is 0 Å². The zero-order valence-corrected chi connectivity index (χ0v) is 9.22. The fourth-order valence-corrected chi connectivity index (χ4v) is 0.985. The molecule has 2 N–H and O–H groups in total. The number of alkyl halides is 1. The summed E-state index contributed by atoms with van der Waals surface area (Å²) in [5, 5.41) is -0.777. The number of hydrogen-bond donors (Lipinski definition) is 2. The van der Waals surface area contributed by atoms with E-state index in [1.54, 1.807) is 0 Å². The van der Waals surface area contributed by atoms with Crippen LogP contribution in [-0.2, 0) is 4.79 Å². The van der Waals surface area contributed by atoms with Gasteiger partial charge in [0.2, 0.25) is 0 Å². The number of carbonyl (C=O) groups is 2. The van der Waals surface area contributed by atoms with E-state index in [0.717, 1.165) is 6.07 Å². The van der Waals surface area contributed by atoms with Gasteiger partial charge in [-0.1, -0.05) is 12.1 Å². The highest BCUT2D eigenvalue weighted by Crippen LogP contribution is 2.05. The van der Waals surface area contributed by atoms with Gasteiger partial charge < -0.3 is 0 Å². The van der Waals surface area contributed by atoms with Gasteiger partial charge in [0.15, 0.2) is 0 Å². The number of hydrazine groups is 1. The van der Waals surface area contributed by atoms with Crippen molar-refractivity contribution in [2.45, 2.75) is 12.3 Å². The average molecular weight is 245 g/mol. The van der Waals surface area contributed by atoms with E-state index in [0.29, 0.717) is 0 Å². The van der Waals surface area contributed by atoms with Crippen molar-refractivity contribution in [3.05, 3.63) is 35.6 Å². The lowest BCUT2D eigenvalue weighted by atomic mass is 10.2. The van der Waals surface area contributed by atoms with Crippen LogP contribution in [0, 0.1) is 5.82 Å². The maximum atomic E-state index is 13.1. The Labute approximate surface area is 96.8 Å². The minimum Gasteiger partial charge on any atom is -0.272 e. The number of rotatable bonds is 2. The molecule has 0 spiro atoms. The van der Waals surface area contributed by atoms with E-state index >= 15 is 0 Å². The molecule has 1 rings (SSSR count). The van der Waals surface area contributed by atoms with Crippen molar-refractivity contribution in [2.75, 3.05) is 0 Å². The Morgan fingerprint density at radius 3 is 2.50 bits per heavy atom. The Bertz CT molecular complexity index is 410. The van der Waals surface area contributed by atoms with Crippen LogP contribution in [0.15, 0.2) is 24.3 Å². The summed E-state index contributed by atoms with van der Waals surface area (Å²) in [6.07, 6.45) is 0. The molecular formula is C10H10ClFN2O2. The molecule has 4 nitrogen and oxygen atoms in total. The fourth-order valence-electron chi connectivity index (χ4n) is 0.930. The molecule has 0 aromatic heterocycles. The van der Waals surface area contributed by atoms with Crippen LogP contribution in [0.25, 0.3) is 0 Å². The van der Waals surface area contributed by atoms with Gasteiger partial charge in [0.05, 0.1) is 5.56 Å². The first-order chi connectivity index (χ1) is 7.52. The first-order valence-electron chi connectivity index (χ1n) is 4.51. The van der Waals surface area contributed by atoms with Crippen molar-refractivity contribution in [3.8, 4) is 0 Å². The van der Waals surface area contributed by atoms with E-state index in [4.69, 9.17) is 11.6 Å². The van der Waals surface area contributed by atoms with E-state index in [-0.39, 0.29) is 5.56 Å². The van der Waals surface area contributed by atoms with Crippen LogP contribution in [0.4, 0.5) is 4.39 Å². The second-order valence-corrected chi connectivity index (χ2v) is 3.69. The Balaban J connectivity index is 2.60. The van der Waals surface area contributed by atoms with Crippen molar-refractivity contribution in [1.29, 1.82) is 0 Å². The third-order valence-corrected chi connectivity index (χ3v) is 1.98. The van der Waals surface area contributed by atoms with Crippen LogP contribution >= 0.6 is 11.6 Å². The molecule has 0 radical (unpaired) electrons. The maximum Gasteiger partial charge on any atom is 0.272 e. The van der Waals surface area contributed by atoms with Crippen molar-refractivity contribution in [3.63, 3.8) is 0 Å². The number of nitrogens with one attached hydrogen (secondary N) is 2. The predicted octanol–water partition coefficient (Wildman–Crippen LogP) is 1.21. The second-order valence-electron chi connectivity index (χ2n) is 3.04. The van der Waals surface area contributed by atoms with Crippen molar-refractivity contribution in [1.82, 2.24) is 10.9 Å². The lowest BCUT2D eigenvalue weighted by Crippen LogP contribution is -2.44. The summed E-state index contributed by atoms with van der Waals surface area (Å²) in [7, 11) is 0. The average Bonchev–Trinajstić information content (AvgIpc) is 2.25. The highest BCUT2D eigenvalue weighted by atomic mass is 35.5. The summed E-state index contributed by atoms with van der Waals surface area (Å²) >= 11 is 5.45. The first-order valence-corrected chi connectivity index (χ1v) is 4.95. The first kappa shape index (κ1) is 12.4. The van der Waals surface area contributed by atoms with Gasteiger partial charge in [0, 0.05) is 0 Å². The minimum absolute atomic E-state index is 0.148. The Hall–Kier alpha value is -1.62. The largest absolute Gasteiger partial charge is 0.272 e. The van der Waals surface area contributed by atoms with Gasteiger partial charge in [-0.2, -0.15) is 0 Å².